The minimum atomic E-state index is -2.05. The lowest BCUT2D eigenvalue weighted by Crippen LogP contribution is -2.44. The molecule has 0 radical (unpaired) electrons. The topological polar surface area (TPSA) is 240 Å². The first-order valence-corrected chi connectivity index (χ1v) is 24.1. The number of carbonyl (C=O) groups excluding carboxylic acids is 8. The second kappa shape index (κ2) is 20.6. The number of likely N-dealkylation sites (tertiary alicyclic amines) is 1. The molecule has 4 N–H and O–H groups in total. The molecule has 70 heavy (non-hydrogen) atoms. The van der Waals surface area contributed by atoms with Crippen LogP contribution >= 0.6 is 0 Å². The van der Waals surface area contributed by atoms with Gasteiger partial charge in [0, 0.05) is 73.1 Å². The van der Waals surface area contributed by atoms with Crippen LogP contribution in [0.2, 0.25) is 0 Å². The summed E-state index contributed by atoms with van der Waals surface area (Å²) in [6, 6.07) is 11.3. The quantitative estimate of drug-likeness (QED) is 0.0492. The summed E-state index contributed by atoms with van der Waals surface area (Å²) in [5.41, 5.74) is 1.97. The van der Waals surface area contributed by atoms with Crippen LogP contribution in [0.25, 0.3) is 22.3 Å². The Kier molecular flexibility index (Phi) is 14.5. The normalized spacial score (nSPS) is 19.3. The van der Waals surface area contributed by atoms with Crippen molar-refractivity contribution in [1.29, 1.82) is 0 Å². The first-order valence-electron chi connectivity index (χ1n) is 24.1. The van der Waals surface area contributed by atoms with Crippen LogP contribution in [0.4, 0.5) is 4.39 Å². The second-order valence-corrected chi connectivity index (χ2v) is 18.9. The molecule has 0 saturated carbocycles. The number of nitrogens with zero attached hydrogens (tertiary/aromatic N) is 3. The molecule has 17 nitrogen and oxygen atoms in total. The Hall–Kier alpha value is -6.95. The molecular weight excluding hydrogens is 904 g/mol. The summed E-state index contributed by atoms with van der Waals surface area (Å²) in [7, 11) is 0. The number of rotatable bonds is 20. The number of unbranched alkanes of at least 4 members (excludes halogenated alkanes) is 2. The van der Waals surface area contributed by atoms with Crippen molar-refractivity contribution in [3.8, 4) is 11.4 Å². The van der Waals surface area contributed by atoms with E-state index in [9.17, 15) is 48.3 Å². The Balaban J connectivity index is 0.890. The summed E-state index contributed by atoms with van der Waals surface area (Å²) in [5.74, 6) is -4.99. The predicted molar refractivity (Wildman–Crippen MR) is 251 cm³/mol. The van der Waals surface area contributed by atoms with Crippen LogP contribution in [0, 0.1) is 24.6 Å². The van der Waals surface area contributed by atoms with Gasteiger partial charge in [-0.2, -0.15) is 0 Å². The SMILES string of the molecule is CC[C@@]1(O)C(=O)OCc2c1cc1n(c2=O)Cc2c-1nc1cc(F)c(C)c3c1c2[C@@H](NC(=O)CNC(=O)[C@@H](CC(=O)CNC(=O)CCC(=O)CCCCCN1C(=O)CC(C)C1=O)Cc1ccccc1)CC3. The molecule has 1 saturated heterocycles. The third-order valence-corrected chi connectivity index (χ3v) is 14.2. The van der Waals surface area contributed by atoms with E-state index in [1.807, 2.05) is 18.2 Å². The van der Waals surface area contributed by atoms with Gasteiger partial charge in [0.05, 0.1) is 48.1 Å². The third-order valence-electron chi connectivity index (χ3n) is 14.2. The maximum atomic E-state index is 15.4. The van der Waals surface area contributed by atoms with Crippen LogP contribution < -0.4 is 21.5 Å². The fourth-order valence-corrected chi connectivity index (χ4v) is 10.3. The number of Topliss-reactive ketones (excluding diaryl/α,β-unsaturated/α-hetero) is 2. The number of fused-ring (bicyclic) bond motifs is 5. The molecule has 5 amide bonds. The van der Waals surface area contributed by atoms with Crippen molar-refractivity contribution < 1.29 is 52.6 Å². The number of amides is 5. The standard InChI is InChI=1S/C52H57FN6O11/c1-4-52(69)37-22-41-47-35(26-59(41)50(67)36(37)27-70-51(52)68)46-39(16-15-34-29(3)38(53)23-40(57-47)45(34)46)56-43(63)25-55-48(65)31(20-30-11-7-5-8-12-30)21-33(61)24-54-42(62)17-14-32(60)13-9-6-10-18-58-44(64)19-28(2)49(58)66/h5,7-8,11-12,22-23,28,31,39,69H,4,6,9-10,13-21,24-27H2,1-3H3,(H,54,62)(H,55,65)(H,56,63)/t28?,31-,39+,52+/m1/s1. The molecule has 2 aromatic heterocycles. The van der Waals surface area contributed by atoms with E-state index in [1.54, 1.807) is 39.0 Å². The van der Waals surface area contributed by atoms with Gasteiger partial charge >= 0.3 is 5.97 Å². The van der Waals surface area contributed by atoms with Gasteiger partial charge in [-0.25, -0.2) is 14.2 Å². The molecule has 1 aliphatic carbocycles. The number of hydrogen-bond donors (Lipinski definition) is 4. The molecule has 4 atom stereocenters. The summed E-state index contributed by atoms with van der Waals surface area (Å²) in [6.45, 7) is 4.27. The number of aryl methyl sites for hydroxylation is 1. The predicted octanol–water partition coefficient (Wildman–Crippen LogP) is 3.99. The molecule has 0 bridgehead atoms. The van der Waals surface area contributed by atoms with Gasteiger partial charge in [0.1, 0.15) is 18.2 Å². The number of imide groups is 1. The molecule has 18 heteroatoms. The molecule has 2 aromatic carbocycles. The van der Waals surface area contributed by atoms with Crippen molar-refractivity contribution in [2.45, 2.75) is 123 Å². The van der Waals surface area contributed by atoms with Crippen LogP contribution in [-0.2, 0) is 74.7 Å². The zero-order chi connectivity index (χ0) is 50.0. The van der Waals surface area contributed by atoms with Crippen molar-refractivity contribution in [3.05, 3.63) is 97.6 Å². The number of benzene rings is 2. The van der Waals surface area contributed by atoms with Crippen LogP contribution in [0.5, 0.6) is 0 Å². The lowest BCUT2D eigenvalue weighted by Gasteiger charge is -2.31. The number of ketones is 2. The monoisotopic (exact) mass is 960 g/mol. The molecule has 1 unspecified atom stereocenters. The number of nitrogens with one attached hydrogen (secondary N) is 3. The minimum absolute atomic E-state index is 0.0135. The summed E-state index contributed by atoms with van der Waals surface area (Å²) in [5, 5.41) is 20.3. The molecule has 5 heterocycles. The first kappa shape index (κ1) is 49.5. The highest BCUT2D eigenvalue weighted by Gasteiger charge is 2.46. The fraction of sp³-hybridized carbons (Fsp3) is 0.462. The van der Waals surface area contributed by atoms with E-state index >= 15 is 4.39 Å². The Morgan fingerprint density at radius 2 is 1.70 bits per heavy atom. The number of aromatic nitrogens is 2. The summed E-state index contributed by atoms with van der Waals surface area (Å²) < 4.78 is 22.1. The molecule has 3 aliphatic heterocycles. The van der Waals surface area contributed by atoms with Crippen molar-refractivity contribution in [2.24, 2.45) is 11.8 Å². The number of aliphatic hydroxyl groups is 1. The Bertz CT molecular complexity index is 2900. The largest absolute Gasteiger partial charge is 0.458 e. The lowest BCUT2D eigenvalue weighted by atomic mass is 9.81. The number of pyridine rings is 2. The molecule has 4 aromatic rings. The fourth-order valence-electron chi connectivity index (χ4n) is 10.3. The number of carbonyl (C=O) groups is 8. The van der Waals surface area contributed by atoms with E-state index in [0.29, 0.717) is 77.6 Å². The number of esters is 1. The van der Waals surface area contributed by atoms with Gasteiger partial charge in [-0.1, -0.05) is 50.6 Å². The van der Waals surface area contributed by atoms with Crippen LogP contribution in [-0.4, -0.2) is 86.3 Å². The maximum Gasteiger partial charge on any atom is 0.343 e. The van der Waals surface area contributed by atoms with Gasteiger partial charge in [0.25, 0.3) is 5.56 Å². The van der Waals surface area contributed by atoms with Crippen LogP contribution in [0.3, 0.4) is 0 Å². The highest BCUT2D eigenvalue weighted by molar-refractivity contribution is 6.03. The highest BCUT2D eigenvalue weighted by Crippen LogP contribution is 2.46. The second-order valence-electron chi connectivity index (χ2n) is 18.9. The minimum Gasteiger partial charge on any atom is -0.458 e. The number of hydrogen-bond acceptors (Lipinski definition) is 12. The van der Waals surface area contributed by atoms with Gasteiger partial charge in [0.15, 0.2) is 11.4 Å². The van der Waals surface area contributed by atoms with Gasteiger partial charge in [-0.3, -0.25) is 43.3 Å². The van der Waals surface area contributed by atoms with E-state index in [0.717, 1.165) is 11.1 Å². The van der Waals surface area contributed by atoms with E-state index in [1.165, 1.54) is 15.5 Å². The first-order chi connectivity index (χ1) is 33.5. The zero-order valence-corrected chi connectivity index (χ0v) is 39.5. The third kappa shape index (κ3) is 9.91. The van der Waals surface area contributed by atoms with Crippen molar-refractivity contribution in [2.75, 3.05) is 19.6 Å². The maximum absolute atomic E-state index is 15.4. The number of ether oxygens (including phenoxy) is 1. The van der Waals surface area contributed by atoms with Gasteiger partial charge in [-0.15, -0.1) is 0 Å². The molecule has 368 valence electrons. The number of halogens is 1. The highest BCUT2D eigenvalue weighted by atomic mass is 19.1. The van der Waals surface area contributed by atoms with E-state index in [-0.39, 0.29) is 99.3 Å². The number of cyclic esters (lactones) is 1. The van der Waals surface area contributed by atoms with Crippen LogP contribution in [0.1, 0.15) is 123 Å². The zero-order valence-electron chi connectivity index (χ0n) is 39.5. The van der Waals surface area contributed by atoms with Crippen molar-refractivity contribution in [3.63, 3.8) is 0 Å². The molecule has 1 fully saturated rings. The Labute approximate surface area is 402 Å². The van der Waals surface area contributed by atoms with E-state index < -0.39 is 65.0 Å². The van der Waals surface area contributed by atoms with Gasteiger partial charge in [-0.05, 0) is 73.8 Å². The molecule has 4 aliphatic rings. The average molecular weight is 961 g/mol. The van der Waals surface area contributed by atoms with E-state index in [4.69, 9.17) is 9.72 Å². The Morgan fingerprint density at radius 3 is 2.43 bits per heavy atom. The van der Waals surface area contributed by atoms with E-state index in [2.05, 4.69) is 16.0 Å². The Morgan fingerprint density at radius 1 is 0.929 bits per heavy atom. The van der Waals surface area contributed by atoms with Gasteiger partial charge < -0.3 is 30.4 Å². The summed E-state index contributed by atoms with van der Waals surface area (Å²) in [6.07, 6.45) is 2.77. The summed E-state index contributed by atoms with van der Waals surface area (Å²) in [4.78, 5) is 123. The molecule has 8 rings (SSSR count). The molecule has 0 spiro atoms. The smallest absolute Gasteiger partial charge is 0.343 e. The average Bonchev–Trinajstić information content (AvgIpc) is 3.83. The van der Waals surface area contributed by atoms with Crippen molar-refractivity contribution in [1.82, 2.24) is 30.4 Å². The van der Waals surface area contributed by atoms with Gasteiger partial charge in [0.2, 0.25) is 29.5 Å². The van der Waals surface area contributed by atoms with Crippen molar-refractivity contribution >= 4 is 58.0 Å². The lowest BCUT2D eigenvalue weighted by molar-refractivity contribution is -0.172. The molecular formula is C52H57FN6O11. The van der Waals surface area contributed by atoms with Crippen LogP contribution in [0.15, 0.2) is 47.3 Å². The summed E-state index contributed by atoms with van der Waals surface area (Å²) >= 11 is 0.